The molecule has 54 valence electrons. The summed E-state index contributed by atoms with van der Waals surface area (Å²) >= 11 is 0. The largest absolute Gasteiger partial charge is 0.0693 e. The average Bonchev–Trinajstić information content (AvgIpc) is 1.82. The molecule has 0 spiro atoms. The maximum absolute atomic E-state index is 2.40. The van der Waals surface area contributed by atoms with Crippen molar-refractivity contribution < 1.29 is 0 Å². The van der Waals surface area contributed by atoms with Crippen LogP contribution < -0.4 is 0 Å². The third-order valence-electron chi connectivity index (χ3n) is 2.76. The lowest BCUT2D eigenvalue weighted by molar-refractivity contribution is 0.929. The van der Waals surface area contributed by atoms with Crippen molar-refractivity contribution in [2.24, 2.45) is 0 Å². The van der Waals surface area contributed by atoms with E-state index in [1.165, 1.54) is 11.6 Å². The monoisotopic (exact) mass is 158 g/mol. The van der Waals surface area contributed by atoms with Crippen molar-refractivity contribution >= 4 is 18.3 Å². The van der Waals surface area contributed by atoms with Gasteiger partial charge in [0, 0.05) is 18.3 Å². The number of hydrogen-bond donors (Lipinski definition) is 0. The van der Waals surface area contributed by atoms with Crippen LogP contribution in [0.5, 0.6) is 0 Å². The van der Waals surface area contributed by atoms with E-state index in [-0.39, 0.29) is 8.80 Å². The second-order valence-electron chi connectivity index (χ2n) is 3.29. The van der Waals surface area contributed by atoms with E-state index in [4.69, 9.17) is 0 Å². The van der Waals surface area contributed by atoms with Crippen LogP contribution in [0.2, 0.25) is 16.9 Å². The summed E-state index contributed by atoms with van der Waals surface area (Å²) < 4.78 is 0. The highest BCUT2D eigenvalue weighted by Crippen LogP contribution is 2.30. The van der Waals surface area contributed by atoms with E-state index in [1.807, 2.05) is 0 Å². The van der Waals surface area contributed by atoms with Gasteiger partial charge in [-0.3, -0.25) is 0 Å². The van der Waals surface area contributed by atoms with Crippen LogP contribution in [0.15, 0.2) is 0 Å². The van der Waals surface area contributed by atoms with Gasteiger partial charge in [0.2, 0.25) is 0 Å². The third kappa shape index (κ3) is 1.68. The third-order valence-corrected chi connectivity index (χ3v) is 14.5. The molecule has 0 aromatic heterocycles. The van der Waals surface area contributed by atoms with Crippen molar-refractivity contribution in [2.75, 3.05) is 0 Å². The molecule has 0 nitrogen and oxygen atoms in total. The van der Waals surface area contributed by atoms with Crippen LogP contribution in [0.4, 0.5) is 0 Å². The molecule has 1 fully saturated rings. The van der Waals surface area contributed by atoms with Gasteiger partial charge in [-0.1, -0.05) is 43.6 Å². The van der Waals surface area contributed by atoms with E-state index in [9.17, 15) is 0 Å². The number of rotatable bonds is 3. The van der Waals surface area contributed by atoms with Gasteiger partial charge in [-0.15, -0.1) is 0 Å². The molecule has 2 atom stereocenters. The Balaban J connectivity index is 2.11. The van der Waals surface area contributed by atoms with Crippen LogP contribution in [-0.4, -0.2) is 18.3 Å². The zero-order chi connectivity index (χ0) is 6.69. The SMILES string of the molecule is CCC[SiH]1C[SiH2]C1CC. The van der Waals surface area contributed by atoms with Gasteiger partial charge < -0.3 is 0 Å². The maximum atomic E-state index is 2.40. The minimum atomic E-state index is -0.0540. The van der Waals surface area contributed by atoms with Crippen LogP contribution in [0.3, 0.4) is 0 Å². The predicted octanol–water partition coefficient (Wildman–Crippen LogP) is 1.50. The normalized spacial score (nSPS) is 36.7. The van der Waals surface area contributed by atoms with Gasteiger partial charge in [-0.25, -0.2) is 0 Å². The van der Waals surface area contributed by atoms with Gasteiger partial charge >= 0.3 is 0 Å². The highest BCUT2D eigenvalue weighted by Gasteiger charge is 2.29. The van der Waals surface area contributed by atoms with Crippen molar-refractivity contribution in [3.8, 4) is 0 Å². The van der Waals surface area contributed by atoms with Crippen molar-refractivity contribution in [2.45, 2.75) is 43.6 Å². The Hall–Kier alpha value is 0.434. The summed E-state index contributed by atoms with van der Waals surface area (Å²) in [4.78, 5) is 0. The lowest BCUT2D eigenvalue weighted by Crippen LogP contribution is -2.37. The first-order valence-electron chi connectivity index (χ1n) is 4.38. The van der Waals surface area contributed by atoms with Gasteiger partial charge in [0.05, 0.1) is 0 Å². The molecule has 1 saturated heterocycles. The lowest BCUT2D eigenvalue weighted by atomic mass is 10.6. The molecule has 0 bridgehead atoms. The summed E-state index contributed by atoms with van der Waals surface area (Å²) in [6, 6.07) is 1.66. The molecule has 9 heavy (non-hydrogen) atoms. The molecule has 1 aliphatic heterocycles. The molecule has 0 aromatic carbocycles. The van der Waals surface area contributed by atoms with Crippen molar-refractivity contribution in [1.29, 1.82) is 0 Å². The minimum Gasteiger partial charge on any atom is -0.0693 e. The summed E-state index contributed by atoms with van der Waals surface area (Å²) in [5.41, 5.74) is 1.80. The molecule has 0 saturated carbocycles. The van der Waals surface area contributed by atoms with E-state index in [0.29, 0.717) is 9.52 Å². The van der Waals surface area contributed by atoms with Crippen molar-refractivity contribution in [3.05, 3.63) is 0 Å². The van der Waals surface area contributed by atoms with Crippen molar-refractivity contribution in [1.82, 2.24) is 0 Å². The Morgan fingerprint density at radius 3 is 2.67 bits per heavy atom. The van der Waals surface area contributed by atoms with E-state index in [0.717, 1.165) is 0 Å². The maximum Gasteiger partial charge on any atom is 0.0335 e. The molecule has 1 aliphatic rings. The number of hydrogen-bond acceptors (Lipinski definition) is 0. The van der Waals surface area contributed by atoms with Gasteiger partial charge in [0.25, 0.3) is 0 Å². The van der Waals surface area contributed by atoms with Crippen molar-refractivity contribution in [3.63, 3.8) is 0 Å². The molecule has 0 amide bonds. The van der Waals surface area contributed by atoms with E-state index in [2.05, 4.69) is 13.8 Å². The fourth-order valence-electron chi connectivity index (χ4n) is 1.93. The molecule has 0 aliphatic carbocycles. The second-order valence-corrected chi connectivity index (χ2v) is 11.2. The summed E-state index contributed by atoms with van der Waals surface area (Å²) in [5.74, 6) is 0. The van der Waals surface area contributed by atoms with Gasteiger partial charge in [0.15, 0.2) is 0 Å². The van der Waals surface area contributed by atoms with Gasteiger partial charge in [-0.05, 0) is 0 Å². The summed E-state index contributed by atoms with van der Waals surface area (Å²) in [6.45, 7) is 4.74. The Kier molecular flexibility index (Phi) is 2.99. The first-order chi connectivity index (χ1) is 4.38. The first kappa shape index (κ1) is 7.54. The average molecular weight is 158 g/mol. The van der Waals surface area contributed by atoms with E-state index >= 15 is 0 Å². The zero-order valence-corrected chi connectivity index (χ0v) is 9.26. The molecule has 2 heteroatoms. The highest BCUT2D eigenvalue weighted by atomic mass is 28.4. The smallest absolute Gasteiger partial charge is 0.0335 e. The molecule has 1 heterocycles. The Morgan fingerprint density at radius 2 is 2.33 bits per heavy atom. The molecule has 0 radical (unpaired) electrons. The first-order valence-corrected chi connectivity index (χ1v) is 8.50. The summed E-state index contributed by atoms with van der Waals surface area (Å²) in [5, 5.41) is 1.38. The van der Waals surface area contributed by atoms with Gasteiger partial charge in [0.1, 0.15) is 0 Å². The molecule has 2 unspecified atom stereocenters. The van der Waals surface area contributed by atoms with E-state index in [1.54, 1.807) is 18.1 Å². The van der Waals surface area contributed by atoms with Gasteiger partial charge in [-0.2, -0.15) is 0 Å². The zero-order valence-electron chi connectivity index (χ0n) is 6.69. The second kappa shape index (κ2) is 3.57. The van der Waals surface area contributed by atoms with Crippen LogP contribution in [0.25, 0.3) is 0 Å². The van der Waals surface area contributed by atoms with Crippen LogP contribution in [-0.2, 0) is 0 Å². The fraction of sp³-hybridized carbons (Fsp3) is 1.00. The van der Waals surface area contributed by atoms with Crippen LogP contribution in [0, 0.1) is 0 Å². The van der Waals surface area contributed by atoms with E-state index < -0.39 is 0 Å². The Morgan fingerprint density at radius 1 is 1.56 bits per heavy atom. The standard InChI is InChI=1S/C7H18Si2/c1-3-5-9-6-8-7(9)4-2/h7,9H,3-6,8H2,1-2H3. The molecule has 1 rings (SSSR count). The Bertz CT molecular complexity index is 81.0. The predicted molar refractivity (Wildman–Crippen MR) is 49.6 cm³/mol. The lowest BCUT2D eigenvalue weighted by Gasteiger charge is -2.34. The van der Waals surface area contributed by atoms with Crippen LogP contribution in [0.1, 0.15) is 26.7 Å². The Labute approximate surface area is 62.5 Å². The molecular weight excluding hydrogens is 140 g/mol. The molecular formula is C7H18Si2. The topological polar surface area (TPSA) is 0 Å². The fourth-order valence-corrected chi connectivity index (χ4v) is 11.2. The van der Waals surface area contributed by atoms with Crippen LogP contribution >= 0.6 is 0 Å². The highest BCUT2D eigenvalue weighted by molar-refractivity contribution is 6.88. The molecule has 0 aromatic rings. The quantitative estimate of drug-likeness (QED) is 0.546. The molecule has 0 N–H and O–H groups in total. The summed E-state index contributed by atoms with van der Waals surface area (Å²) in [6.07, 6.45) is 3.02. The minimum absolute atomic E-state index is 0.0540. The summed E-state index contributed by atoms with van der Waals surface area (Å²) in [7, 11) is 0.459.